The molecular weight excluding hydrogens is 298 g/mol. The van der Waals surface area contributed by atoms with Gasteiger partial charge in [0.25, 0.3) is 0 Å². The zero-order valence-electron chi connectivity index (χ0n) is 11.6. The molecule has 0 aliphatic carbocycles. The zero-order chi connectivity index (χ0) is 15.5. The van der Waals surface area contributed by atoms with Crippen molar-refractivity contribution in [2.24, 2.45) is 0 Å². The molecule has 0 aromatic heterocycles. The normalized spacial score (nSPS) is 20.1. The molecule has 2 rings (SSSR count). The average molecular weight is 315 g/mol. The lowest BCUT2D eigenvalue weighted by Gasteiger charge is -2.31. The molecule has 0 radical (unpaired) electrons. The summed E-state index contributed by atoms with van der Waals surface area (Å²) in [5.74, 6) is -0.754. The van der Waals surface area contributed by atoms with Crippen LogP contribution in [-0.4, -0.2) is 56.7 Å². The number of carboxylic acids is 1. The molecule has 1 aromatic carbocycles. The maximum atomic E-state index is 12.6. The number of nitrogens with zero attached hydrogens (tertiary/aromatic N) is 1. The van der Waals surface area contributed by atoms with Crippen molar-refractivity contribution >= 4 is 16.0 Å². The third-order valence-electron chi connectivity index (χ3n) is 3.19. The van der Waals surface area contributed by atoms with Gasteiger partial charge in [-0.1, -0.05) is 12.1 Å². The summed E-state index contributed by atoms with van der Waals surface area (Å²) in [5, 5.41) is 8.79. The lowest BCUT2D eigenvalue weighted by atomic mass is 10.2. The molecule has 1 atom stereocenters. The number of ether oxygens (including phenoxy) is 2. The van der Waals surface area contributed by atoms with Crippen LogP contribution in [-0.2, 0) is 19.6 Å². The van der Waals surface area contributed by atoms with Gasteiger partial charge in [-0.2, -0.15) is 4.31 Å². The number of morpholine rings is 1. The molecule has 1 aliphatic heterocycles. The Kier molecular flexibility index (Phi) is 4.81. The number of sulfonamides is 1. The Morgan fingerprint density at radius 2 is 2.19 bits per heavy atom. The van der Waals surface area contributed by atoms with Crippen LogP contribution < -0.4 is 4.74 Å². The molecule has 1 aliphatic rings. The Hall–Kier alpha value is -1.64. The van der Waals surface area contributed by atoms with Gasteiger partial charge in [0.2, 0.25) is 10.0 Å². The fourth-order valence-electron chi connectivity index (χ4n) is 2.20. The number of hydrogen-bond acceptors (Lipinski definition) is 5. The monoisotopic (exact) mass is 315 g/mol. The molecule has 0 bridgehead atoms. The van der Waals surface area contributed by atoms with E-state index in [1.165, 1.54) is 17.5 Å². The number of rotatable bonds is 5. The Morgan fingerprint density at radius 3 is 2.86 bits per heavy atom. The standard InChI is InChI=1S/C13H17NO6S/c1-19-11-4-2-3-5-12(11)21(17,18)14-6-7-20-10(9-14)8-13(15)16/h2-5,10H,6-9H2,1H3,(H,15,16). The number of aliphatic carboxylic acids is 1. The number of para-hydroxylation sites is 1. The van der Waals surface area contributed by atoms with Crippen LogP contribution >= 0.6 is 0 Å². The van der Waals surface area contributed by atoms with Crippen molar-refractivity contribution in [1.82, 2.24) is 4.31 Å². The highest BCUT2D eigenvalue weighted by Crippen LogP contribution is 2.27. The first-order valence-corrected chi connectivity index (χ1v) is 7.85. The summed E-state index contributed by atoms with van der Waals surface area (Å²) in [6.45, 7) is 0.384. The van der Waals surface area contributed by atoms with Crippen LogP contribution in [0.25, 0.3) is 0 Å². The van der Waals surface area contributed by atoms with Gasteiger partial charge in [0, 0.05) is 13.1 Å². The SMILES string of the molecule is COc1ccccc1S(=O)(=O)N1CCOC(CC(=O)O)C1. The molecule has 1 fully saturated rings. The largest absolute Gasteiger partial charge is 0.495 e. The van der Waals surface area contributed by atoms with Crippen LogP contribution in [0.2, 0.25) is 0 Å². The first-order chi connectivity index (χ1) is 9.95. The smallest absolute Gasteiger partial charge is 0.306 e. The second-order valence-electron chi connectivity index (χ2n) is 4.60. The van der Waals surface area contributed by atoms with E-state index >= 15 is 0 Å². The minimum Gasteiger partial charge on any atom is -0.495 e. The molecule has 0 spiro atoms. The third-order valence-corrected chi connectivity index (χ3v) is 5.10. The summed E-state index contributed by atoms with van der Waals surface area (Å²) in [6, 6.07) is 6.34. The highest BCUT2D eigenvalue weighted by atomic mass is 32.2. The molecule has 21 heavy (non-hydrogen) atoms. The molecule has 0 amide bonds. The molecule has 1 saturated heterocycles. The van der Waals surface area contributed by atoms with E-state index in [9.17, 15) is 13.2 Å². The fraction of sp³-hybridized carbons (Fsp3) is 0.462. The predicted octanol–water partition coefficient (Wildman–Crippen LogP) is 0.559. The maximum Gasteiger partial charge on any atom is 0.306 e. The number of benzene rings is 1. The van der Waals surface area contributed by atoms with Crippen molar-refractivity contribution in [3.05, 3.63) is 24.3 Å². The van der Waals surface area contributed by atoms with Crippen LogP contribution in [0, 0.1) is 0 Å². The number of methoxy groups -OCH3 is 1. The van der Waals surface area contributed by atoms with Crippen molar-refractivity contribution in [3.8, 4) is 5.75 Å². The molecule has 1 heterocycles. The molecule has 116 valence electrons. The van der Waals surface area contributed by atoms with E-state index in [0.717, 1.165) is 0 Å². The van der Waals surface area contributed by atoms with E-state index in [0.29, 0.717) is 0 Å². The first-order valence-electron chi connectivity index (χ1n) is 6.41. The van der Waals surface area contributed by atoms with Crippen LogP contribution in [0.5, 0.6) is 5.75 Å². The number of carboxylic acid groups (broad SMARTS) is 1. The molecule has 1 unspecified atom stereocenters. The van der Waals surface area contributed by atoms with Crippen molar-refractivity contribution in [2.75, 3.05) is 26.8 Å². The maximum absolute atomic E-state index is 12.6. The van der Waals surface area contributed by atoms with E-state index < -0.39 is 22.1 Å². The van der Waals surface area contributed by atoms with Gasteiger partial charge >= 0.3 is 5.97 Å². The van der Waals surface area contributed by atoms with Crippen molar-refractivity contribution in [3.63, 3.8) is 0 Å². The van der Waals surface area contributed by atoms with Crippen LogP contribution in [0.4, 0.5) is 0 Å². The van der Waals surface area contributed by atoms with E-state index in [2.05, 4.69) is 0 Å². The van der Waals surface area contributed by atoms with Crippen LogP contribution in [0.1, 0.15) is 6.42 Å². The predicted molar refractivity (Wildman–Crippen MR) is 73.7 cm³/mol. The van der Waals surface area contributed by atoms with Crippen LogP contribution in [0.15, 0.2) is 29.2 Å². The molecule has 8 heteroatoms. The van der Waals surface area contributed by atoms with Gasteiger partial charge in [-0.3, -0.25) is 4.79 Å². The molecule has 0 saturated carbocycles. The molecule has 1 N–H and O–H groups in total. The first kappa shape index (κ1) is 15.7. The lowest BCUT2D eigenvalue weighted by Crippen LogP contribution is -2.46. The van der Waals surface area contributed by atoms with Crippen molar-refractivity contribution < 1.29 is 27.8 Å². The van der Waals surface area contributed by atoms with E-state index in [-0.39, 0.29) is 36.8 Å². The topological polar surface area (TPSA) is 93.1 Å². The van der Waals surface area contributed by atoms with Gasteiger partial charge < -0.3 is 14.6 Å². The summed E-state index contributed by atoms with van der Waals surface area (Å²) < 4.78 is 36.9. The van der Waals surface area contributed by atoms with Gasteiger partial charge in [-0.15, -0.1) is 0 Å². The second kappa shape index (κ2) is 6.42. The van der Waals surface area contributed by atoms with E-state index in [1.807, 2.05) is 0 Å². The highest BCUT2D eigenvalue weighted by Gasteiger charge is 2.33. The summed E-state index contributed by atoms with van der Waals surface area (Å²) >= 11 is 0. The summed E-state index contributed by atoms with van der Waals surface area (Å²) in [7, 11) is -2.33. The number of hydrogen-bond donors (Lipinski definition) is 1. The van der Waals surface area contributed by atoms with Gasteiger partial charge in [0.05, 0.1) is 26.2 Å². The van der Waals surface area contributed by atoms with Crippen LogP contribution in [0.3, 0.4) is 0 Å². The van der Waals surface area contributed by atoms with Gasteiger partial charge in [0.1, 0.15) is 10.6 Å². The highest BCUT2D eigenvalue weighted by molar-refractivity contribution is 7.89. The Balaban J connectivity index is 2.24. The minimum atomic E-state index is -3.74. The molecular formula is C13H17NO6S. The lowest BCUT2D eigenvalue weighted by molar-refractivity contribution is -0.141. The van der Waals surface area contributed by atoms with E-state index in [4.69, 9.17) is 14.6 Å². The third kappa shape index (κ3) is 3.52. The van der Waals surface area contributed by atoms with Gasteiger partial charge in [0.15, 0.2) is 0 Å². The number of carbonyl (C=O) groups is 1. The molecule has 1 aromatic rings. The average Bonchev–Trinajstić information content (AvgIpc) is 2.46. The van der Waals surface area contributed by atoms with Gasteiger partial charge in [-0.05, 0) is 12.1 Å². The second-order valence-corrected chi connectivity index (χ2v) is 6.51. The Morgan fingerprint density at radius 1 is 1.48 bits per heavy atom. The van der Waals surface area contributed by atoms with E-state index in [1.54, 1.807) is 18.2 Å². The Labute approximate surface area is 123 Å². The van der Waals surface area contributed by atoms with Crippen molar-refractivity contribution in [2.45, 2.75) is 17.4 Å². The molecule has 7 nitrogen and oxygen atoms in total. The van der Waals surface area contributed by atoms with Crippen molar-refractivity contribution in [1.29, 1.82) is 0 Å². The summed E-state index contributed by atoms with van der Waals surface area (Å²) in [6.07, 6.45) is -0.862. The fourth-order valence-corrected chi connectivity index (χ4v) is 3.81. The summed E-state index contributed by atoms with van der Waals surface area (Å²) in [5.41, 5.74) is 0. The van der Waals surface area contributed by atoms with Gasteiger partial charge in [-0.25, -0.2) is 8.42 Å². The summed E-state index contributed by atoms with van der Waals surface area (Å²) in [4.78, 5) is 10.8. The quantitative estimate of drug-likeness (QED) is 0.853. The zero-order valence-corrected chi connectivity index (χ0v) is 12.4. The Bertz CT molecular complexity index is 615. The minimum absolute atomic E-state index is 0.0205.